The number of nitrogens with one attached hydrogen (secondary N) is 1. The number of likely N-dealkylation sites (N-methyl/N-ethyl adjacent to an activating group) is 1. The predicted molar refractivity (Wildman–Crippen MR) is 111 cm³/mol. The highest BCUT2D eigenvalue weighted by Gasteiger charge is 2.40. The van der Waals surface area contributed by atoms with Crippen LogP contribution in [0.1, 0.15) is 18.4 Å². The molecule has 1 N–H and O–H groups in total. The molecule has 1 atom stereocenters. The van der Waals surface area contributed by atoms with E-state index in [-0.39, 0.29) is 29.8 Å². The van der Waals surface area contributed by atoms with Gasteiger partial charge in [-0.15, -0.1) is 0 Å². The van der Waals surface area contributed by atoms with Gasteiger partial charge in [-0.1, -0.05) is 35.9 Å². The fraction of sp³-hybridized carbons (Fsp3) is 0.333. The summed E-state index contributed by atoms with van der Waals surface area (Å²) in [4.78, 5) is 26.6. The summed E-state index contributed by atoms with van der Waals surface area (Å²) in [6, 6.07) is 14.7. The second kappa shape index (κ2) is 8.75. The highest BCUT2D eigenvalue weighted by atomic mass is 32.2. The lowest BCUT2D eigenvalue weighted by Crippen LogP contribution is -2.48. The van der Waals surface area contributed by atoms with Crippen molar-refractivity contribution in [2.75, 3.05) is 25.5 Å². The summed E-state index contributed by atoms with van der Waals surface area (Å²) in [6.07, 6.45) is 1.04. The van der Waals surface area contributed by atoms with Crippen molar-refractivity contribution in [2.24, 2.45) is 0 Å². The lowest BCUT2D eigenvalue weighted by atomic mass is 10.2. The number of hydrogen-bond acceptors (Lipinski definition) is 4. The largest absolute Gasteiger partial charge is 0.335 e. The molecule has 0 saturated carbocycles. The Balaban J connectivity index is 1.66. The molecule has 154 valence electrons. The van der Waals surface area contributed by atoms with Gasteiger partial charge in [0.05, 0.1) is 11.4 Å². The molecule has 0 aromatic heterocycles. The van der Waals surface area contributed by atoms with Crippen LogP contribution in [0.15, 0.2) is 59.5 Å². The number of amides is 2. The van der Waals surface area contributed by atoms with Crippen LogP contribution in [0.25, 0.3) is 0 Å². The molecule has 0 bridgehead atoms. The highest BCUT2D eigenvalue weighted by molar-refractivity contribution is 7.89. The Kier molecular flexibility index (Phi) is 6.34. The quantitative estimate of drug-likeness (QED) is 0.784. The Morgan fingerprint density at radius 3 is 2.41 bits per heavy atom. The molecule has 2 aromatic carbocycles. The van der Waals surface area contributed by atoms with Crippen molar-refractivity contribution in [3.63, 3.8) is 0 Å². The number of rotatable bonds is 6. The van der Waals surface area contributed by atoms with Crippen LogP contribution >= 0.6 is 0 Å². The van der Waals surface area contributed by atoms with Gasteiger partial charge in [-0.2, -0.15) is 4.31 Å². The molecule has 7 nitrogen and oxygen atoms in total. The number of sulfonamides is 1. The van der Waals surface area contributed by atoms with Gasteiger partial charge in [0.2, 0.25) is 21.8 Å². The molecule has 2 amide bonds. The van der Waals surface area contributed by atoms with E-state index in [4.69, 9.17) is 0 Å². The molecule has 0 aliphatic carbocycles. The average molecular weight is 416 g/mol. The molecule has 2 aromatic rings. The van der Waals surface area contributed by atoms with Gasteiger partial charge in [-0.3, -0.25) is 9.59 Å². The topological polar surface area (TPSA) is 86.8 Å². The van der Waals surface area contributed by atoms with E-state index in [0.717, 1.165) is 5.56 Å². The molecular formula is C21H25N3O4S. The standard InChI is InChI=1S/C21H25N3O4S/c1-16-10-12-17(13-11-16)22-20(25)15-23(2)21(26)19-9-6-14-24(19)29(27,28)18-7-4-3-5-8-18/h3-5,7-8,10-13,19H,6,9,14-15H2,1-2H3,(H,22,25)/t19-/m0/s1. The minimum Gasteiger partial charge on any atom is -0.335 e. The fourth-order valence-electron chi connectivity index (χ4n) is 3.39. The van der Waals surface area contributed by atoms with Gasteiger partial charge < -0.3 is 10.2 Å². The molecule has 0 unspecified atom stereocenters. The van der Waals surface area contributed by atoms with Crippen molar-refractivity contribution in [3.8, 4) is 0 Å². The van der Waals surface area contributed by atoms with Crippen LogP contribution in [0.4, 0.5) is 5.69 Å². The molecule has 3 rings (SSSR count). The van der Waals surface area contributed by atoms with E-state index in [9.17, 15) is 18.0 Å². The third-order valence-corrected chi connectivity index (χ3v) is 6.85. The minimum atomic E-state index is -3.76. The van der Waals surface area contributed by atoms with Gasteiger partial charge >= 0.3 is 0 Å². The number of aryl methyl sites for hydroxylation is 1. The zero-order chi connectivity index (χ0) is 21.0. The van der Waals surface area contributed by atoms with E-state index in [2.05, 4.69) is 5.32 Å². The van der Waals surface area contributed by atoms with E-state index in [1.54, 1.807) is 30.3 Å². The number of anilines is 1. The number of carbonyl (C=O) groups is 2. The van der Waals surface area contributed by atoms with Crippen LogP contribution in [0.5, 0.6) is 0 Å². The Labute approximate surface area is 171 Å². The van der Waals surface area contributed by atoms with Gasteiger partial charge in [0.15, 0.2) is 0 Å². The first-order chi connectivity index (χ1) is 13.8. The smallest absolute Gasteiger partial charge is 0.243 e. The zero-order valence-electron chi connectivity index (χ0n) is 16.5. The Morgan fingerprint density at radius 1 is 1.10 bits per heavy atom. The maximum absolute atomic E-state index is 12.9. The van der Waals surface area contributed by atoms with Crippen LogP contribution in [0.3, 0.4) is 0 Å². The normalized spacial score (nSPS) is 17.1. The van der Waals surface area contributed by atoms with E-state index in [0.29, 0.717) is 18.5 Å². The minimum absolute atomic E-state index is 0.150. The first-order valence-electron chi connectivity index (χ1n) is 9.47. The van der Waals surface area contributed by atoms with Crippen molar-refractivity contribution in [2.45, 2.75) is 30.7 Å². The number of hydrogen-bond donors (Lipinski definition) is 1. The van der Waals surface area contributed by atoms with Gasteiger partial charge in [-0.25, -0.2) is 8.42 Å². The van der Waals surface area contributed by atoms with Crippen molar-refractivity contribution in [1.29, 1.82) is 0 Å². The number of benzene rings is 2. The van der Waals surface area contributed by atoms with Crippen molar-refractivity contribution < 1.29 is 18.0 Å². The van der Waals surface area contributed by atoms with Crippen LogP contribution in [-0.4, -0.2) is 55.6 Å². The zero-order valence-corrected chi connectivity index (χ0v) is 17.4. The highest BCUT2D eigenvalue weighted by Crippen LogP contribution is 2.27. The van der Waals surface area contributed by atoms with E-state index in [1.807, 2.05) is 19.1 Å². The lowest BCUT2D eigenvalue weighted by molar-refractivity contribution is -0.136. The number of carbonyl (C=O) groups excluding carboxylic acids is 2. The average Bonchev–Trinajstić information content (AvgIpc) is 3.20. The van der Waals surface area contributed by atoms with Gasteiger partial charge in [0.25, 0.3) is 0 Å². The molecule has 0 spiro atoms. The van der Waals surface area contributed by atoms with E-state index < -0.39 is 16.1 Å². The summed E-state index contributed by atoms with van der Waals surface area (Å²) in [5.74, 6) is -0.707. The maximum Gasteiger partial charge on any atom is 0.243 e. The summed E-state index contributed by atoms with van der Waals surface area (Å²) in [7, 11) is -2.25. The van der Waals surface area contributed by atoms with E-state index in [1.165, 1.54) is 28.4 Å². The van der Waals surface area contributed by atoms with Gasteiger partial charge in [-0.05, 0) is 44.0 Å². The summed E-state index contributed by atoms with van der Waals surface area (Å²) in [6.45, 7) is 2.09. The molecule has 29 heavy (non-hydrogen) atoms. The van der Waals surface area contributed by atoms with Crippen LogP contribution in [0.2, 0.25) is 0 Å². The third-order valence-electron chi connectivity index (χ3n) is 4.93. The fourth-order valence-corrected chi connectivity index (χ4v) is 5.06. The second-order valence-corrected chi connectivity index (χ2v) is 9.09. The SMILES string of the molecule is Cc1ccc(NC(=O)CN(C)C(=O)[C@@H]2CCCN2S(=O)(=O)c2ccccc2)cc1. The first-order valence-corrected chi connectivity index (χ1v) is 10.9. The molecule has 1 aliphatic rings. The molecular weight excluding hydrogens is 390 g/mol. The van der Waals surface area contributed by atoms with E-state index >= 15 is 0 Å². The molecule has 8 heteroatoms. The Hall–Kier alpha value is -2.71. The molecule has 0 radical (unpaired) electrons. The van der Waals surface area contributed by atoms with Gasteiger partial charge in [0.1, 0.15) is 6.04 Å². The summed E-state index contributed by atoms with van der Waals surface area (Å²) < 4.78 is 27.1. The summed E-state index contributed by atoms with van der Waals surface area (Å²) in [5, 5.41) is 2.75. The van der Waals surface area contributed by atoms with Crippen LogP contribution in [-0.2, 0) is 19.6 Å². The monoisotopic (exact) mass is 415 g/mol. The maximum atomic E-state index is 12.9. The van der Waals surface area contributed by atoms with Crippen molar-refractivity contribution >= 4 is 27.5 Å². The van der Waals surface area contributed by atoms with Gasteiger partial charge in [0, 0.05) is 19.3 Å². The third kappa shape index (κ3) is 4.83. The molecule has 1 fully saturated rings. The Morgan fingerprint density at radius 2 is 1.76 bits per heavy atom. The summed E-state index contributed by atoms with van der Waals surface area (Å²) >= 11 is 0. The van der Waals surface area contributed by atoms with Crippen molar-refractivity contribution in [3.05, 3.63) is 60.2 Å². The predicted octanol–water partition coefficient (Wildman–Crippen LogP) is 2.25. The lowest BCUT2D eigenvalue weighted by Gasteiger charge is -2.27. The van der Waals surface area contributed by atoms with Crippen molar-refractivity contribution in [1.82, 2.24) is 9.21 Å². The summed E-state index contributed by atoms with van der Waals surface area (Å²) in [5.41, 5.74) is 1.73. The Bertz CT molecular complexity index is 975. The van der Waals surface area contributed by atoms with Crippen LogP contribution < -0.4 is 5.32 Å². The molecule has 1 saturated heterocycles. The molecule has 1 aliphatic heterocycles. The first kappa shape index (κ1) is 21.0. The second-order valence-electron chi connectivity index (χ2n) is 7.20. The molecule has 1 heterocycles. The van der Waals surface area contributed by atoms with Crippen LogP contribution in [0, 0.1) is 6.92 Å². The number of nitrogens with zero attached hydrogens (tertiary/aromatic N) is 2.